The molecule has 2 aliphatic heterocycles. The largest absolute Gasteiger partial charge is 0.394 e. The SMILES string of the molecule is CC/C=C\C/C=C\C/C=C\C/C=C\C/C=C\C/C=C\C/C=C\C/C=C\C/C=C\CCCCCCCCCCCC(=O)NC(COC1OC(CO)C(OC2OC(CO)C(O)C(O)C2O)C(O)C1O)C(O)/C=C/CC/C=C/CC/C=C/CCCCCCCCCCCCCC. The van der Waals surface area contributed by atoms with E-state index >= 15 is 0 Å². The Morgan fingerprint density at radius 3 is 1.18 bits per heavy atom. The minimum atomic E-state index is -1.80. The van der Waals surface area contributed by atoms with E-state index in [0.717, 1.165) is 116 Å². The van der Waals surface area contributed by atoms with Crippen molar-refractivity contribution in [2.75, 3.05) is 19.8 Å². The highest BCUT2D eigenvalue weighted by molar-refractivity contribution is 5.76. The monoisotopic (exact) mass is 1300 g/mol. The van der Waals surface area contributed by atoms with Crippen molar-refractivity contribution in [3.8, 4) is 0 Å². The molecule has 0 aromatic rings. The average molecular weight is 1300 g/mol. The summed E-state index contributed by atoms with van der Waals surface area (Å²) >= 11 is 0. The van der Waals surface area contributed by atoms with E-state index in [1.807, 2.05) is 6.08 Å². The van der Waals surface area contributed by atoms with Crippen LogP contribution in [0.25, 0.3) is 0 Å². The van der Waals surface area contributed by atoms with Crippen molar-refractivity contribution in [3.63, 3.8) is 0 Å². The molecule has 93 heavy (non-hydrogen) atoms. The summed E-state index contributed by atoms with van der Waals surface area (Å²) in [6.45, 7) is 2.66. The van der Waals surface area contributed by atoms with Gasteiger partial charge in [0.25, 0.3) is 0 Å². The molecule has 0 aromatic heterocycles. The van der Waals surface area contributed by atoms with Gasteiger partial charge in [0.1, 0.15) is 48.8 Å². The maximum atomic E-state index is 13.3. The highest BCUT2D eigenvalue weighted by atomic mass is 16.7. The van der Waals surface area contributed by atoms with Crippen LogP contribution in [0, 0.1) is 0 Å². The summed E-state index contributed by atoms with van der Waals surface area (Å²) < 4.78 is 22.8. The lowest BCUT2D eigenvalue weighted by molar-refractivity contribution is -0.359. The smallest absolute Gasteiger partial charge is 0.220 e. The molecule has 0 aliphatic carbocycles. The Hall–Kier alpha value is -4.13. The first kappa shape index (κ1) is 85.0. The third kappa shape index (κ3) is 45.1. The molecular formula is C79H131NO13. The first-order valence-corrected chi connectivity index (χ1v) is 36.6. The van der Waals surface area contributed by atoms with E-state index < -0.39 is 86.8 Å². The van der Waals surface area contributed by atoms with E-state index in [-0.39, 0.29) is 18.9 Å². The van der Waals surface area contributed by atoms with Gasteiger partial charge in [-0.05, 0) is 116 Å². The lowest BCUT2D eigenvalue weighted by Gasteiger charge is -2.46. The van der Waals surface area contributed by atoms with Crippen molar-refractivity contribution >= 4 is 5.91 Å². The molecule has 0 radical (unpaired) electrons. The van der Waals surface area contributed by atoms with E-state index in [9.17, 15) is 45.6 Å². The normalized spacial score (nSPS) is 23.5. The van der Waals surface area contributed by atoms with Crippen LogP contribution in [-0.4, -0.2) is 140 Å². The zero-order valence-electron chi connectivity index (χ0n) is 57.7. The first-order chi connectivity index (χ1) is 45.6. The minimum absolute atomic E-state index is 0.253. The van der Waals surface area contributed by atoms with E-state index in [1.54, 1.807) is 6.08 Å². The molecule has 9 N–H and O–H groups in total. The number of carbonyl (C=O) groups is 1. The summed E-state index contributed by atoms with van der Waals surface area (Å²) in [4.78, 5) is 13.3. The highest BCUT2D eigenvalue weighted by Crippen LogP contribution is 2.30. The topological polar surface area (TPSA) is 228 Å². The molecule has 0 bridgehead atoms. The molecule has 12 atom stereocenters. The quantitative estimate of drug-likeness (QED) is 0.0204. The Kier molecular flexibility index (Phi) is 56.1. The van der Waals surface area contributed by atoms with Crippen LogP contribution in [-0.2, 0) is 23.7 Å². The van der Waals surface area contributed by atoms with Crippen molar-refractivity contribution in [3.05, 3.63) is 146 Å². The van der Waals surface area contributed by atoms with Gasteiger partial charge in [0.15, 0.2) is 12.6 Å². The van der Waals surface area contributed by atoms with Crippen molar-refractivity contribution < 1.29 is 64.6 Å². The van der Waals surface area contributed by atoms with Gasteiger partial charge in [-0.1, -0.05) is 275 Å². The Balaban J connectivity index is 1.68. The van der Waals surface area contributed by atoms with E-state index in [1.165, 1.54) is 103 Å². The molecule has 2 saturated heterocycles. The van der Waals surface area contributed by atoms with Crippen LogP contribution in [0.3, 0.4) is 0 Å². The molecule has 530 valence electrons. The van der Waals surface area contributed by atoms with Gasteiger partial charge < -0.3 is 65.1 Å². The van der Waals surface area contributed by atoms with E-state index in [2.05, 4.69) is 153 Å². The molecule has 2 aliphatic rings. The van der Waals surface area contributed by atoms with Crippen LogP contribution < -0.4 is 5.32 Å². The molecule has 1 amide bonds. The lowest BCUT2D eigenvalue weighted by atomic mass is 9.97. The van der Waals surface area contributed by atoms with Gasteiger partial charge in [-0.2, -0.15) is 0 Å². The van der Waals surface area contributed by atoms with Gasteiger partial charge in [-0.3, -0.25) is 4.79 Å². The van der Waals surface area contributed by atoms with Crippen LogP contribution in [0.2, 0.25) is 0 Å². The Morgan fingerprint density at radius 1 is 0.398 bits per heavy atom. The zero-order valence-corrected chi connectivity index (χ0v) is 57.7. The fourth-order valence-electron chi connectivity index (χ4n) is 11.0. The van der Waals surface area contributed by atoms with Crippen LogP contribution in [0.4, 0.5) is 0 Å². The summed E-state index contributed by atoms with van der Waals surface area (Å²) in [7, 11) is 0. The third-order valence-corrected chi connectivity index (χ3v) is 16.7. The molecule has 14 heteroatoms. The van der Waals surface area contributed by atoms with Gasteiger partial charge in [-0.15, -0.1) is 0 Å². The molecule has 2 fully saturated rings. The summed E-state index contributed by atoms with van der Waals surface area (Å²) in [5.41, 5.74) is 0. The number of nitrogens with one attached hydrogen (secondary N) is 1. The number of aliphatic hydroxyl groups is 8. The number of ether oxygens (including phenoxy) is 4. The van der Waals surface area contributed by atoms with E-state index in [4.69, 9.17) is 18.9 Å². The molecule has 0 spiro atoms. The predicted octanol–water partition coefficient (Wildman–Crippen LogP) is 15.6. The maximum absolute atomic E-state index is 13.3. The molecule has 14 nitrogen and oxygen atoms in total. The summed E-state index contributed by atoms with van der Waals surface area (Å²) in [5, 5.41) is 87.4. The first-order valence-electron chi connectivity index (χ1n) is 36.6. The Labute approximate surface area is 563 Å². The molecule has 2 rings (SSSR count). The molecule has 0 saturated carbocycles. The number of aliphatic hydroxyl groups excluding tert-OH is 8. The van der Waals surface area contributed by atoms with Crippen molar-refractivity contribution in [2.45, 2.75) is 325 Å². The highest BCUT2D eigenvalue weighted by Gasteiger charge is 2.51. The Bertz CT molecular complexity index is 2120. The minimum Gasteiger partial charge on any atom is -0.394 e. The van der Waals surface area contributed by atoms with Gasteiger partial charge in [0.2, 0.25) is 5.91 Å². The number of unbranched alkanes of at least 4 members (excludes halogenated alkanes) is 23. The zero-order chi connectivity index (χ0) is 67.3. The van der Waals surface area contributed by atoms with Crippen LogP contribution in [0.15, 0.2) is 146 Å². The number of rotatable bonds is 58. The summed E-state index contributed by atoms with van der Waals surface area (Å²) in [5.74, 6) is -0.265. The number of hydrogen-bond acceptors (Lipinski definition) is 13. The second-order valence-electron chi connectivity index (χ2n) is 25.0. The van der Waals surface area contributed by atoms with Crippen LogP contribution >= 0.6 is 0 Å². The maximum Gasteiger partial charge on any atom is 0.220 e. The van der Waals surface area contributed by atoms with Gasteiger partial charge >= 0.3 is 0 Å². The molecule has 0 aromatic carbocycles. The third-order valence-electron chi connectivity index (χ3n) is 16.7. The number of amides is 1. The van der Waals surface area contributed by atoms with Crippen molar-refractivity contribution in [2.24, 2.45) is 0 Å². The number of carbonyl (C=O) groups excluding carboxylic acids is 1. The van der Waals surface area contributed by atoms with Crippen LogP contribution in [0.5, 0.6) is 0 Å². The average Bonchev–Trinajstić information content (AvgIpc) is 0.852. The molecule has 12 unspecified atom stereocenters. The van der Waals surface area contributed by atoms with Gasteiger partial charge in [0, 0.05) is 6.42 Å². The van der Waals surface area contributed by atoms with Gasteiger partial charge in [-0.25, -0.2) is 0 Å². The standard InChI is InChI=1S/C79H131NO13/c1-3-5-7-9-11-13-15-17-19-21-23-25-27-28-29-30-31-32-33-34-35-36-37-38-39-40-41-43-45-47-49-51-53-55-57-59-61-63-71(84)80-67(66-90-78-76(89)74(87)77(70(65-82)92-78)93-79-75(88)73(86)72(85)69(64-81)91-79)68(83)62-60-58-56-54-52-50-48-46-44-42-26-24-22-20-18-16-14-12-10-8-6-4-2/h5,7,11,13,17,19,23,25,28-29,31-32,34-35,37-38,40-41,44,46,52,54,60,62,67-70,72-79,81-83,85-89H,3-4,6,8-10,12,14-16,18,20-22,24,26-27,30,33,36,39,42-43,45,47-51,53,55-59,61,63-66H2,1-2H3,(H,80,84)/b7-5-,13-11-,19-17-,25-23-,29-28-,32-31-,35-34-,38-37-,41-40-,46-44+,54-52+,62-60+. The number of hydrogen-bond donors (Lipinski definition) is 9. The van der Waals surface area contributed by atoms with Gasteiger partial charge in [0.05, 0.1) is 32.0 Å². The van der Waals surface area contributed by atoms with Crippen molar-refractivity contribution in [1.29, 1.82) is 0 Å². The second-order valence-corrected chi connectivity index (χ2v) is 25.0. The summed E-state index contributed by atoms with van der Waals surface area (Å²) in [6.07, 6.45) is 76.1. The van der Waals surface area contributed by atoms with E-state index in [0.29, 0.717) is 12.8 Å². The molecule has 2 heterocycles. The summed E-state index contributed by atoms with van der Waals surface area (Å²) in [6, 6.07) is -0.953. The fraction of sp³-hybridized carbons (Fsp3) is 0.684. The van der Waals surface area contributed by atoms with Crippen LogP contribution in [0.1, 0.15) is 251 Å². The van der Waals surface area contributed by atoms with Crippen molar-refractivity contribution in [1.82, 2.24) is 5.32 Å². The lowest BCUT2D eigenvalue weighted by Crippen LogP contribution is -2.65. The molecular weight excluding hydrogens is 1170 g/mol. The number of allylic oxidation sites excluding steroid dienone is 23. The predicted molar refractivity (Wildman–Crippen MR) is 382 cm³/mol. The Morgan fingerprint density at radius 2 is 0.753 bits per heavy atom. The second kappa shape index (κ2) is 61.5. The fourth-order valence-corrected chi connectivity index (χ4v) is 11.0.